The molecule has 0 unspecified atom stereocenters. The van der Waals surface area contributed by atoms with Crippen LogP contribution in [0.2, 0.25) is 0 Å². The minimum absolute atomic E-state index is 0.0817. The molecule has 0 aromatic carbocycles. The molecular weight excluding hydrogens is 402 g/mol. The van der Waals surface area contributed by atoms with Crippen LogP contribution >= 0.6 is 0 Å². The van der Waals surface area contributed by atoms with E-state index < -0.39 is 0 Å². The molecule has 6 nitrogen and oxygen atoms in total. The molecule has 2 aromatic rings. The molecule has 0 aliphatic rings. The fourth-order valence-corrected chi connectivity index (χ4v) is 3.24. The second-order valence-electron chi connectivity index (χ2n) is 7.12. The van der Waals surface area contributed by atoms with Gasteiger partial charge in [-0.3, -0.25) is 4.79 Å². The zero-order valence-electron chi connectivity index (χ0n) is 21.5. The van der Waals surface area contributed by atoms with E-state index in [1.165, 1.54) is 19.6 Å². The van der Waals surface area contributed by atoms with Gasteiger partial charge in [0.05, 0.1) is 29.8 Å². The maximum absolute atomic E-state index is 12.1. The van der Waals surface area contributed by atoms with Gasteiger partial charge in [0.25, 0.3) is 0 Å². The average molecular weight is 444 g/mol. The van der Waals surface area contributed by atoms with Crippen LogP contribution < -0.4 is 10.5 Å². The minimum Gasteiger partial charge on any atom is -0.480 e. The molecule has 0 aliphatic heterocycles. The van der Waals surface area contributed by atoms with E-state index in [0.717, 1.165) is 46.6 Å². The lowest BCUT2D eigenvalue weighted by Gasteiger charge is -2.17. The van der Waals surface area contributed by atoms with E-state index in [-0.39, 0.29) is 5.78 Å². The highest BCUT2D eigenvalue weighted by molar-refractivity contribution is 5.97. The Morgan fingerprint density at radius 3 is 2.12 bits per heavy atom. The van der Waals surface area contributed by atoms with Crippen LogP contribution in [-0.4, -0.2) is 37.1 Å². The summed E-state index contributed by atoms with van der Waals surface area (Å²) in [7, 11) is 4.78. The molecule has 0 radical (unpaired) electrons. The number of rotatable bonds is 7. The molecule has 2 N–H and O–H groups in total. The number of carbonyl (C=O) groups is 1. The maximum atomic E-state index is 12.1. The molecule has 0 spiro atoms. The van der Waals surface area contributed by atoms with Crippen LogP contribution in [0, 0.1) is 6.92 Å². The second kappa shape index (κ2) is 15.1. The number of aromatic nitrogens is 2. The Hall–Kier alpha value is -2.73. The number of nitrogens with two attached hydrogens (primary N) is 1. The van der Waals surface area contributed by atoms with Gasteiger partial charge in [-0.05, 0) is 62.6 Å². The van der Waals surface area contributed by atoms with E-state index in [9.17, 15) is 4.79 Å². The molecule has 0 atom stereocenters. The second-order valence-corrected chi connectivity index (χ2v) is 7.12. The number of allylic oxidation sites excluding steroid dienone is 1. The first-order valence-corrected chi connectivity index (χ1v) is 11.2. The topological polar surface area (TPSA) is 87.3 Å². The normalized spacial score (nSPS) is 10.5. The van der Waals surface area contributed by atoms with E-state index in [0.29, 0.717) is 17.9 Å². The van der Waals surface area contributed by atoms with Crippen molar-refractivity contribution in [2.75, 3.05) is 21.3 Å². The first-order chi connectivity index (χ1) is 15.3. The fraction of sp³-hybridized carbons (Fsp3) is 0.500. The molecule has 2 rings (SSSR count). The predicted molar refractivity (Wildman–Crippen MR) is 134 cm³/mol. The van der Waals surface area contributed by atoms with Crippen molar-refractivity contribution in [2.24, 2.45) is 5.73 Å². The number of Topliss-reactive ketones (excluding diaryl/α,β-unsaturated/α-hetero) is 1. The molecule has 0 amide bonds. The lowest BCUT2D eigenvalue weighted by Crippen LogP contribution is -2.07. The van der Waals surface area contributed by atoms with Crippen molar-refractivity contribution in [1.29, 1.82) is 0 Å². The van der Waals surface area contributed by atoms with Gasteiger partial charge < -0.3 is 15.2 Å². The van der Waals surface area contributed by atoms with Crippen LogP contribution in [0.15, 0.2) is 18.3 Å². The molecule has 0 aliphatic carbocycles. The number of aryl methyl sites for hydroxylation is 3. The van der Waals surface area contributed by atoms with Gasteiger partial charge in [-0.15, -0.1) is 0 Å². The van der Waals surface area contributed by atoms with Crippen LogP contribution in [0.25, 0.3) is 16.8 Å². The van der Waals surface area contributed by atoms with Crippen molar-refractivity contribution in [3.05, 3.63) is 46.4 Å². The summed E-state index contributed by atoms with van der Waals surface area (Å²) < 4.78 is 9.57. The first-order valence-electron chi connectivity index (χ1n) is 11.2. The minimum atomic E-state index is -0.0817. The quantitative estimate of drug-likeness (QED) is 0.545. The van der Waals surface area contributed by atoms with Crippen molar-refractivity contribution in [3.63, 3.8) is 0 Å². The third kappa shape index (κ3) is 7.45. The number of nitrogens with zero attached hydrogens (tertiary/aromatic N) is 2. The van der Waals surface area contributed by atoms with E-state index >= 15 is 0 Å². The zero-order chi connectivity index (χ0) is 24.8. The highest BCUT2D eigenvalue weighted by Gasteiger charge is 2.19. The Labute approximate surface area is 194 Å². The summed E-state index contributed by atoms with van der Waals surface area (Å²) in [6, 6.07) is 4.03. The largest absolute Gasteiger partial charge is 0.480 e. The highest BCUT2D eigenvalue weighted by atomic mass is 16.5. The van der Waals surface area contributed by atoms with E-state index in [4.69, 9.17) is 15.5 Å². The summed E-state index contributed by atoms with van der Waals surface area (Å²) in [5.74, 6) is 0.281. The lowest BCUT2D eigenvalue weighted by molar-refractivity contribution is 0.101. The van der Waals surface area contributed by atoms with Crippen LogP contribution in [0.4, 0.5) is 0 Å². The number of hydrogen-bond acceptors (Lipinski definition) is 6. The van der Waals surface area contributed by atoms with E-state index in [2.05, 4.69) is 22.7 Å². The summed E-state index contributed by atoms with van der Waals surface area (Å²) in [5, 5.41) is 0. The number of pyridine rings is 2. The maximum Gasteiger partial charge on any atom is 0.224 e. The Bertz CT molecular complexity index is 906. The Balaban J connectivity index is 0.00000177. The molecule has 6 heteroatoms. The predicted octanol–water partition coefficient (Wildman–Crippen LogP) is 5.79. The third-order valence-electron chi connectivity index (χ3n) is 4.66. The number of ketones is 1. The Kier molecular flexibility index (Phi) is 13.8. The van der Waals surface area contributed by atoms with Crippen molar-refractivity contribution in [3.8, 4) is 17.1 Å². The molecular formula is C26H41N3O3. The number of ether oxygens (including phenoxy) is 2. The summed E-state index contributed by atoms with van der Waals surface area (Å²) >= 11 is 0. The SMILES string of the molecule is CC.CCCc1cc(C)c(-c2cc(C(C)=O)c(OC)nc2CC)nc1/C(C)=C\N.COC. The van der Waals surface area contributed by atoms with Gasteiger partial charge in [-0.1, -0.05) is 40.2 Å². The molecule has 0 saturated carbocycles. The van der Waals surface area contributed by atoms with Crippen molar-refractivity contribution < 1.29 is 14.3 Å². The van der Waals surface area contributed by atoms with Gasteiger partial charge in [0.15, 0.2) is 5.78 Å². The van der Waals surface area contributed by atoms with Crippen LogP contribution in [0.3, 0.4) is 0 Å². The zero-order valence-corrected chi connectivity index (χ0v) is 21.5. The molecule has 32 heavy (non-hydrogen) atoms. The van der Waals surface area contributed by atoms with Gasteiger partial charge in [0.2, 0.25) is 5.88 Å². The molecule has 0 fully saturated rings. The summed E-state index contributed by atoms with van der Waals surface area (Å²) in [6.07, 6.45) is 4.27. The summed E-state index contributed by atoms with van der Waals surface area (Å²) in [6.45, 7) is 13.7. The molecule has 0 saturated heterocycles. The number of carbonyl (C=O) groups excluding carboxylic acids is 1. The van der Waals surface area contributed by atoms with Gasteiger partial charge >= 0.3 is 0 Å². The fourth-order valence-electron chi connectivity index (χ4n) is 3.24. The van der Waals surface area contributed by atoms with Crippen molar-refractivity contribution in [1.82, 2.24) is 9.97 Å². The lowest BCUT2D eigenvalue weighted by atomic mass is 9.96. The van der Waals surface area contributed by atoms with Crippen LogP contribution in [0.1, 0.15) is 80.8 Å². The first kappa shape index (κ1) is 29.3. The third-order valence-corrected chi connectivity index (χ3v) is 4.66. The monoisotopic (exact) mass is 443 g/mol. The summed E-state index contributed by atoms with van der Waals surface area (Å²) in [4.78, 5) is 21.6. The number of hydrogen-bond donors (Lipinski definition) is 1. The summed E-state index contributed by atoms with van der Waals surface area (Å²) in [5.41, 5.74) is 12.9. The van der Waals surface area contributed by atoms with Gasteiger partial charge in [-0.25, -0.2) is 9.97 Å². The van der Waals surface area contributed by atoms with Crippen molar-refractivity contribution >= 4 is 11.4 Å². The van der Waals surface area contributed by atoms with Crippen LogP contribution in [-0.2, 0) is 17.6 Å². The number of methoxy groups -OCH3 is 2. The molecule has 2 heterocycles. The Morgan fingerprint density at radius 1 is 1.09 bits per heavy atom. The smallest absolute Gasteiger partial charge is 0.224 e. The molecule has 178 valence electrons. The van der Waals surface area contributed by atoms with Crippen molar-refractivity contribution in [2.45, 2.75) is 67.7 Å². The van der Waals surface area contributed by atoms with E-state index in [1.807, 2.05) is 40.7 Å². The Morgan fingerprint density at radius 2 is 1.69 bits per heavy atom. The highest BCUT2D eigenvalue weighted by Crippen LogP contribution is 2.32. The molecule has 0 bridgehead atoms. The van der Waals surface area contributed by atoms with Gasteiger partial charge in [0.1, 0.15) is 0 Å². The standard InChI is InChI=1S/C22H29N3O2.C2H6O.C2H6/c1-7-9-16-10-13(3)21(25-20(16)14(4)12-23)18-11-17(15(5)26)22(27-6)24-19(18)8-2;1-3-2;1-2/h10-12H,7-9,23H2,1-6H3;1-2H3;1-2H3/b14-12-;;. The molecule has 2 aromatic heterocycles. The van der Waals surface area contributed by atoms with Gasteiger partial charge in [0, 0.05) is 19.8 Å². The van der Waals surface area contributed by atoms with Crippen LogP contribution in [0.5, 0.6) is 5.88 Å². The average Bonchev–Trinajstić information content (AvgIpc) is 2.79. The van der Waals surface area contributed by atoms with E-state index in [1.54, 1.807) is 20.4 Å². The van der Waals surface area contributed by atoms with Gasteiger partial charge in [-0.2, -0.15) is 0 Å².